The summed E-state index contributed by atoms with van der Waals surface area (Å²) in [4.78, 5) is 0. The second kappa shape index (κ2) is 4.13. The fraction of sp³-hybridized carbons (Fsp3) is 0.250. The molecule has 0 atom stereocenters. The highest BCUT2D eigenvalue weighted by Gasteiger charge is 2.09. The average Bonchev–Trinajstić information content (AvgIpc) is 2.36. The predicted octanol–water partition coefficient (Wildman–Crippen LogP) is 4.59. The Bertz CT molecular complexity index is 633. The molecule has 0 N–H and O–H groups in total. The van der Waals surface area contributed by atoms with Crippen LogP contribution >= 0.6 is 0 Å². The molecule has 0 radical (unpaired) electrons. The summed E-state index contributed by atoms with van der Waals surface area (Å²) < 4.78 is 46.5. The highest BCUT2D eigenvalue weighted by atomic mass is 14.1. The summed E-state index contributed by atoms with van der Waals surface area (Å²) in [5.74, 6) is 0. The largest absolute Gasteiger partial charge is 0.0617 e. The van der Waals surface area contributed by atoms with Gasteiger partial charge < -0.3 is 0 Å². The van der Waals surface area contributed by atoms with Gasteiger partial charge in [-0.2, -0.15) is 0 Å². The van der Waals surface area contributed by atoms with Gasteiger partial charge in [-0.05, 0) is 60.9 Å². The van der Waals surface area contributed by atoms with Crippen LogP contribution in [0.15, 0.2) is 36.4 Å². The maximum Gasteiger partial charge on any atom is 0.0280 e. The lowest BCUT2D eigenvalue weighted by molar-refractivity contribution is 1.32. The molecule has 0 saturated heterocycles. The zero-order chi connectivity index (χ0) is 16.7. The van der Waals surface area contributed by atoms with E-state index in [0.717, 1.165) is 11.1 Å². The summed E-state index contributed by atoms with van der Waals surface area (Å²) in [5, 5.41) is 0. The van der Waals surface area contributed by atoms with Gasteiger partial charge in [0.15, 0.2) is 0 Å². The lowest BCUT2D eigenvalue weighted by Crippen LogP contribution is -1.93. The van der Waals surface area contributed by atoms with Gasteiger partial charge in [0.05, 0.1) is 0 Å². The maximum absolute atomic E-state index is 7.75. The van der Waals surface area contributed by atoms with Crippen molar-refractivity contribution in [3.05, 3.63) is 58.7 Å². The second-order valence-corrected chi connectivity index (χ2v) is 3.99. The Hall–Kier alpha value is -1.56. The third-order valence-corrected chi connectivity index (χ3v) is 2.80. The van der Waals surface area contributed by atoms with Crippen molar-refractivity contribution >= 4 is 0 Å². The lowest BCUT2D eigenvalue weighted by atomic mass is 9.90. The van der Waals surface area contributed by atoms with Crippen molar-refractivity contribution in [2.24, 2.45) is 0 Å². The molecule has 0 saturated carbocycles. The summed E-state index contributed by atoms with van der Waals surface area (Å²) in [6.07, 6.45) is 0. The number of hydrogen-bond donors (Lipinski definition) is 0. The Balaban J connectivity index is 2.90. The monoisotopic (exact) mass is 216 g/mol. The Morgan fingerprint density at radius 1 is 0.688 bits per heavy atom. The van der Waals surface area contributed by atoms with Gasteiger partial charge in [-0.3, -0.25) is 0 Å². The van der Waals surface area contributed by atoms with Crippen LogP contribution in [0.3, 0.4) is 0 Å². The molecule has 0 aliphatic rings. The fourth-order valence-electron chi connectivity index (χ4n) is 2.00. The van der Waals surface area contributed by atoms with E-state index in [-0.39, 0.29) is 11.1 Å². The van der Waals surface area contributed by atoms with Crippen LogP contribution in [0.2, 0.25) is 0 Å². The van der Waals surface area contributed by atoms with Crippen LogP contribution in [-0.2, 0) is 0 Å². The summed E-state index contributed by atoms with van der Waals surface area (Å²) in [7, 11) is 0. The van der Waals surface area contributed by atoms with E-state index < -0.39 is 13.7 Å². The zero-order valence-corrected chi connectivity index (χ0v) is 9.46. The fourth-order valence-corrected chi connectivity index (χ4v) is 2.00. The van der Waals surface area contributed by atoms with Crippen LogP contribution in [0.4, 0.5) is 0 Å². The molecule has 0 unspecified atom stereocenters. The zero-order valence-electron chi connectivity index (χ0n) is 15.5. The van der Waals surface area contributed by atoms with Gasteiger partial charge in [-0.1, -0.05) is 36.4 Å². The van der Waals surface area contributed by atoms with E-state index >= 15 is 0 Å². The van der Waals surface area contributed by atoms with Crippen molar-refractivity contribution in [2.45, 2.75) is 27.6 Å². The van der Waals surface area contributed by atoms with E-state index in [4.69, 9.17) is 8.22 Å². The molecule has 0 aliphatic carbocycles. The first-order chi connectivity index (χ1) is 10.0. The van der Waals surface area contributed by atoms with Crippen molar-refractivity contribution in [2.75, 3.05) is 0 Å². The topological polar surface area (TPSA) is 0 Å². The number of aryl methyl sites for hydroxylation is 4. The minimum atomic E-state index is -2.30. The predicted molar refractivity (Wildman–Crippen MR) is 70.8 cm³/mol. The highest BCUT2D eigenvalue weighted by Crippen LogP contribution is 2.32. The van der Waals surface area contributed by atoms with Crippen molar-refractivity contribution < 1.29 is 8.22 Å². The first kappa shape index (κ1) is 5.67. The molecule has 0 aliphatic heterocycles. The summed E-state index contributed by atoms with van der Waals surface area (Å²) in [6, 6.07) is 10.1. The van der Waals surface area contributed by atoms with Crippen LogP contribution in [0.25, 0.3) is 11.1 Å². The Labute approximate surface area is 106 Å². The molecule has 2 aromatic carbocycles. The Morgan fingerprint density at radius 3 is 1.44 bits per heavy atom. The SMILES string of the molecule is [2H]C([2H])([2H])c1cccc(C)c1-c1c(C)cccc1C([2H])([2H])[2H]. The van der Waals surface area contributed by atoms with E-state index in [1.807, 2.05) is 0 Å². The van der Waals surface area contributed by atoms with Crippen LogP contribution in [0.1, 0.15) is 30.5 Å². The maximum atomic E-state index is 7.75. The van der Waals surface area contributed by atoms with Gasteiger partial charge in [0.25, 0.3) is 0 Å². The summed E-state index contributed by atoms with van der Waals surface area (Å²) in [5.41, 5.74) is 2.90. The molecule has 0 heteroatoms. The standard InChI is InChI=1S/C16H18/c1-11-7-5-8-12(2)15(11)16-13(3)9-6-10-14(16)4/h5-10H,1-4H3/i1D3,3D3. The molecule has 0 spiro atoms. The second-order valence-electron chi connectivity index (χ2n) is 3.99. The lowest BCUT2D eigenvalue weighted by Gasteiger charge is -2.15. The molecule has 0 bridgehead atoms. The molecule has 0 amide bonds. The number of hydrogen-bond acceptors (Lipinski definition) is 0. The van der Waals surface area contributed by atoms with Crippen molar-refractivity contribution in [3.8, 4) is 11.1 Å². The van der Waals surface area contributed by atoms with E-state index in [0.29, 0.717) is 11.1 Å². The van der Waals surface area contributed by atoms with E-state index in [1.54, 1.807) is 50.2 Å². The van der Waals surface area contributed by atoms with E-state index in [2.05, 4.69) is 0 Å². The smallest absolute Gasteiger partial charge is 0.0280 e. The van der Waals surface area contributed by atoms with Crippen molar-refractivity contribution in [1.29, 1.82) is 0 Å². The van der Waals surface area contributed by atoms with Gasteiger partial charge in [-0.15, -0.1) is 0 Å². The molecule has 16 heavy (non-hydrogen) atoms. The summed E-state index contributed by atoms with van der Waals surface area (Å²) >= 11 is 0. The molecular weight excluding hydrogens is 192 g/mol. The Morgan fingerprint density at radius 2 is 1.06 bits per heavy atom. The van der Waals surface area contributed by atoms with Crippen LogP contribution < -0.4 is 0 Å². The molecule has 2 aromatic rings. The molecule has 2 rings (SSSR count). The first-order valence-corrected chi connectivity index (χ1v) is 5.24. The average molecular weight is 216 g/mol. The van der Waals surface area contributed by atoms with Gasteiger partial charge in [-0.25, -0.2) is 0 Å². The van der Waals surface area contributed by atoms with Gasteiger partial charge >= 0.3 is 0 Å². The normalized spacial score (nSPS) is 17.6. The van der Waals surface area contributed by atoms with Crippen LogP contribution in [0.5, 0.6) is 0 Å². The van der Waals surface area contributed by atoms with Gasteiger partial charge in [0.1, 0.15) is 0 Å². The van der Waals surface area contributed by atoms with Crippen LogP contribution in [0, 0.1) is 27.6 Å². The van der Waals surface area contributed by atoms with Crippen molar-refractivity contribution in [3.63, 3.8) is 0 Å². The number of rotatable bonds is 1. The molecule has 82 valence electrons. The van der Waals surface area contributed by atoms with E-state index in [9.17, 15) is 0 Å². The third kappa shape index (κ3) is 1.76. The van der Waals surface area contributed by atoms with E-state index in [1.165, 1.54) is 0 Å². The summed E-state index contributed by atoms with van der Waals surface area (Å²) in [6.45, 7) is -0.980. The first-order valence-electron chi connectivity index (χ1n) is 8.24. The van der Waals surface area contributed by atoms with Gasteiger partial charge in [0, 0.05) is 8.22 Å². The molecule has 0 aromatic heterocycles. The minimum Gasteiger partial charge on any atom is -0.0617 e. The third-order valence-electron chi connectivity index (χ3n) is 2.80. The highest BCUT2D eigenvalue weighted by molar-refractivity contribution is 5.76. The molecular formula is C16H18. The number of benzene rings is 2. The Kier molecular flexibility index (Phi) is 1.46. The quantitative estimate of drug-likeness (QED) is 0.654. The van der Waals surface area contributed by atoms with Crippen LogP contribution in [-0.4, -0.2) is 0 Å². The van der Waals surface area contributed by atoms with Gasteiger partial charge in [0.2, 0.25) is 0 Å². The van der Waals surface area contributed by atoms with Crippen molar-refractivity contribution in [1.82, 2.24) is 0 Å². The molecule has 0 nitrogen and oxygen atoms in total. The minimum absolute atomic E-state index is 0.187. The molecule has 0 fully saturated rings. The molecule has 0 heterocycles.